The van der Waals surface area contributed by atoms with E-state index in [-0.39, 0.29) is 19.0 Å². The largest absolute Gasteiger partial charge is 0.388 e. The molecule has 0 spiro atoms. The summed E-state index contributed by atoms with van der Waals surface area (Å²) in [6.45, 7) is 1.80. The van der Waals surface area contributed by atoms with E-state index in [2.05, 4.69) is 4.98 Å². The number of likely N-dealkylation sites (tertiary alicyclic amines) is 1. The summed E-state index contributed by atoms with van der Waals surface area (Å²) in [4.78, 5) is 17.2. The van der Waals surface area contributed by atoms with E-state index in [1.54, 1.807) is 25.3 Å². The van der Waals surface area contributed by atoms with Crippen molar-refractivity contribution in [3.05, 3.63) is 29.6 Å². The molecule has 0 radical (unpaired) electrons. The average molecular weight is 224 g/mol. The Bertz CT molecular complexity index is 401. The van der Waals surface area contributed by atoms with Crippen molar-refractivity contribution in [2.24, 2.45) is 0 Å². The first-order chi connectivity index (χ1) is 7.58. The first kappa shape index (κ1) is 11.0. The van der Waals surface area contributed by atoms with Gasteiger partial charge in [0.1, 0.15) is 12.3 Å². The van der Waals surface area contributed by atoms with Gasteiger partial charge in [-0.1, -0.05) is 0 Å². The fraction of sp³-hybridized carbons (Fsp3) is 0.455. The minimum Gasteiger partial charge on any atom is -0.388 e. The minimum absolute atomic E-state index is 0.0403. The number of pyridine rings is 1. The highest BCUT2D eigenvalue weighted by molar-refractivity contribution is 5.94. The summed E-state index contributed by atoms with van der Waals surface area (Å²) in [5, 5.41) is 9.24. The molecule has 4 nitrogen and oxygen atoms in total. The zero-order valence-electron chi connectivity index (χ0n) is 8.93. The lowest BCUT2D eigenvalue weighted by atomic mass is 10.2. The SMILES string of the molecule is Cc1cc(C(=O)N2CC(O)C(F)C2)ccn1. The zero-order chi connectivity index (χ0) is 11.7. The number of carbonyl (C=O) groups is 1. The van der Waals surface area contributed by atoms with Crippen molar-refractivity contribution in [1.29, 1.82) is 0 Å². The number of amides is 1. The van der Waals surface area contributed by atoms with Gasteiger partial charge in [0, 0.05) is 24.0 Å². The number of alkyl halides is 1. The van der Waals surface area contributed by atoms with Crippen molar-refractivity contribution in [2.45, 2.75) is 19.2 Å². The van der Waals surface area contributed by atoms with Gasteiger partial charge < -0.3 is 10.0 Å². The molecule has 2 heterocycles. The molecular weight excluding hydrogens is 211 g/mol. The molecule has 1 saturated heterocycles. The second kappa shape index (κ2) is 4.17. The standard InChI is InChI=1S/C11H13FN2O2/c1-7-4-8(2-3-13-7)11(16)14-5-9(12)10(15)6-14/h2-4,9-10,15H,5-6H2,1H3. The quantitative estimate of drug-likeness (QED) is 0.757. The highest BCUT2D eigenvalue weighted by atomic mass is 19.1. The van der Waals surface area contributed by atoms with Gasteiger partial charge in [-0.05, 0) is 19.1 Å². The van der Waals surface area contributed by atoms with Gasteiger partial charge in [-0.15, -0.1) is 0 Å². The Morgan fingerprint density at radius 1 is 1.62 bits per heavy atom. The molecule has 0 aromatic carbocycles. The molecule has 0 saturated carbocycles. The second-order valence-corrected chi connectivity index (χ2v) is 3.98. The second-order valence-electron chi connectivity index (χ2n) is 3.98. The Balaban J connectivity index is 2.14. The number of aliphatic hydroxyl groups is 1. The monoisotopic (exact) mass is 224 g/mol. The van der Waals surface area contributed by atoms with Gasteiger partial charge in [0.25, 0.3) is 5.91 Å². The third kappa shape index (κ3) is 2.04. The van der Waals surface area contributed by atoms with E-state index in [1.807, 2.05) is 0 Å². The van der Waals surface area contributed by atoms with E-state index in [4.69, 9.17) is 0 Å². The number of aryl methyl sites for hydroxylation is 1. The van der Waals surface area contributed by atoms with Crippen LogP contribution in [0.3, 0.4) is 0 Å². The van der Waals surface area contributed by atoms with Crippen molar-refractivity contribution in [1.82, 2.24) is 9.88 Å². The maximum Gasteiger partial charge on any atom is 0.254 e. The Morgan fingerprint density at radius 3 is 2.94 bits per heavy atom. The number of aromatic nitrogens is 1. The van der Waals surface area contributed by atoms with Crippen molar-refractivity contribution in [3.63, 3.8) is 0 Å². The number of hydrogen-bond acceptors (Lipinski definition) is 3. The molecule has 1 N–H and O–H groups in total. The van der Waals surface area contributed by atoms with Gasteiger partial charge in [0.15, 0.2) is 0 Å². The summed E-state index contributed by atoms with van der Waals surface area (Å²) in [6.07, 6.45) is -0.860. The molecular formula is C11H13FN2O2. The van der Waals surface area contributed by atoms with Crippen molar-refractivity contribution in [3.8, 4) is 0 Å². The maximum absolute atomic E-state index is 13.1. The summed E-state index contributed by atoms with van der Waals surface area (Å²) < 4.78 is 13.1. The smallest absolute Gasteiger partial charge is 0.254 e. The first-order valence-corrected chi connectivity index (χ1v) is 5.12. The number of carbonyl (C=O) groups excluding carboxylic acids is 1. The summed E-state index contributed by atoms with van der Waals surface area (Å²) in [7, 11) is 0. The number of hydrogen-bond donors (Lipinski definition) is 1. The van der Waals surface area contributed by atoms with Crippen LogP contribution in [0.5, 0.6) is 0 Å². The number of rotatable bonds is 1. The minimum atomic E-state index is -1.34. The van der Waals surface area contributed by atoms with Crippen LogP contribution in [0.15, 0.2) is 18.3 Å². The average Bonchev–Trinajstić information content (AvgIpc) is 2.58. The van der Waals surface area contributed by atoms with Crippen LogP contribution in [0.4, 0.5) is 4.39 Å². The molecule has 1 aromatic heterocycles. The lowest BCUT2D eigenvalue weighted by Crippen LogP contribution is -2.29. The summed E-state index contributed by atoms with van der Waals surface area (Å²) >= 11 is 0. The van der Waals surface area contributed by atoms with E-state index in [0.29, 0.717) is 5.56 Å². The molecule has 1 aliphatic rings. The third-order valence-electron chi connectivity index (χ3n) is 2.65. The highest BCUT2D eigenvalue weighted by Crippen LogP contribution is 2.16. The van der Waals surface area contributed by atoms with Gasteiger partial charge in [0.05, 0.1) is 6.54 Å². The Labute approximate surface area is 92.7 Å². The molecule has 1 fully saturated rings. The molecule has 1 amide bonds. The Hall–Kier alpha value is -1.49. The number of β-amino-alcohol motifs (C(OH)–C–C–N with tert-alkyl or cyclic N) is 1. The van der Waals surface area contributed by atoms with Crippen LogP contribution in [0.2, 0.25) is 0 Å². The van der Waals surface area contributed by atoms with Crippen LogP contribution < -0.4 is 0 Å². The van der Waals surface area contributed by atoms with Crippen LogP contribution in [-0.4, -0.2) is 46.3 Å². The molecule has 5 heteroatoms. The van der Waals surface area contributed by atoms with Crippen molar-refractivity contribution < 1.29 is 14.3 Å². The fourth-order valence-corrected chi connectivity index (χ4v) is 1.77. The summed E-state index contributed by atoms with van der Waals surface area (Å²) in [5.74, 6) is -0.260. The molecule has 16 heavy (non-hydrogen) atoms. The molecule has 86 valence electrons. The molecule has 1 aliphatic heterocycles. The molecule has 2 rings (SSSR count). The fourth-order valence-electron chi connectivity index (χ4n) is 1.77. The Kier molecular flexibility index (Phi) is 2.87. The molecule has 2 unspecified atom stereocenters. The van der Waals surface area contributed by atoms with E-state index < -0.39 is 12.3 Å². The predicted molar refractivity (Wildman–Crippen MR) is 55.8 cm³/mol. The maximum atomic E-state index is 13.1. The van der Waals surface area contributed by atoms with E-state index in [9.17, 15) is 14.3 Å². The van der Waals surface area contributed by atoms with Gasteiger partial charge in [0.2, 0.25) is 0 Å². The van der Waals surface area contributed by atoms with Crippen LogP contribution in [0.25, 0.3) is 0 Å². The predicted octanol–water partition coefficient (Wildman–Crippen LogP) is 0.545. The van der Waals surface area contributed by atoms with Crippen molar-refractivity contribution in [2.75, 3.05) is 13.1 Å². The van der Waals surface area contributed by atoms with Crippen LogP contribution in [0, 0.1) is 6.92 Å². The van der Waals surface area contributed by atoms with E-state index in [0.717, 1.165) is 5.69 Å². The lowest BCUT2D eigenvalue weighted by Gasteiger charge is -2.15. The Morgan fingerprint density at radius 2 is 2.38 bits per heavy atom. The van der Waals surface area contributed by atoms with Crippen LogP contribution in [-0.2, 0) is 0 Å². The van der Waals surface area contributed by atoms with Gasteiger partial charge in [-0.25, -0.2) is 4.39 Å². The van der Waals surface area contributed by atoms with Gasteiger partial charge in [-0.3, -0.25) is 9.78 Å². The molecule has 1 aromatic rings. The van der Waals surface area contributed by atoms with Crippen LogP contribution >= 0.6 is 0 Å². The third-order valence-corrected chi connectivity index (χ3v) is 2.65. The lowest BCUT2D eigenvalue weighted by molar-refractivity contribution is 0.0764. The number of halogens is 1. The van der Waals surface area contributed by atoms with Gasteiger partial charge in [-0.2, -0.15) is 0 Å². The number of nitrogens with zero attached hydrogens (tertiary/aromatic N) is 2. The molecule has 0 bridgehead atoms. The zero-order valence-corrected chi connectivity index (χ0v) is 8.93. The van der Waals surface area contributed by atoms with Gasteiger partial charge >= 0.3 is 0 Å². The highest BCUT2D eigenvalue weighted by Gasteiger charge is 2.34. The normalized spacial score (nSPS) is 24.8. The van der Waals surface area contributed by atoms with E-state index >= 15 is 0 Å². The van der Waals surface area contributed by atoms with Crippen molar-refractivity contribution >= 4 is 5.91 Å². The summed E-state index contributed by atoms with van der Waals surface area (Å²) in [5.41, 5.74) is 1.22. The molecule has 2 atom stereocenters. The summed E-state index contributed by atoms with van der Waals surface area (Å²) in [6, 6.07) is 3.24. The van der Waals surface area contributed by atoms with E-state index in [1.165, 1.54) is 4.90 Å². The first-order valence-electron chi connectivity index (χ1n) is 5.12. The van der Waals surface area contributed by atoms with Crippen LogP contribution in [0.1, 0.15) is 16.1 Å². The molecule has 0 aliphatic carbocycles. The topological polar surface area (TPSA) is 53.4 Å². The number of aliphatic hydroxyl groups excluding tert-OH is 1.